The lowest BCUT2D eigenvalue weighted by Gasteiger charge is -1.93. The molecule has 0 amide bonds. The Balaban J connectivity index is 2.38. The Morgan fingerprint density at radius 3 is 2.71 bits per heavy atom. The summed E-state index contributed by atoms with van der Waals surface area (Å²) in [6, 6.07) is 3.83. The number of aryl methyl sites for hydroxylation is 1. The molecule has 0 aromatic carbocycles. The number of ketones is 1. The van der Waals surface area contributed by atoms with Crippen LogP contribution in [0.4, 0.5) is 0 Å². The van der Waals surface area contributed by atoms with Gasteiger partial charge in [0, 0.05) is 20.3 Å². The molecule has 0 spiro atoms. The molecule has 0 saturated carbocycles. The molecule has 14 heavy (non-hydrogen) atoms. The predicted octanol–water partition coefficient (Wildman–Crippen LogP) is 4.11. The van der Waals surface area contributed by atoms with E-state index in [0.29, 0.717) is 0 Å². The molecular formula is C10H7BrOS2. The Kier molecular flexibility index (Phi) is 2.85. The van der Waals surface area contributed by atoms with Gasteiger partial charge < -0.3 is 0 Å². The highest BCUT2D eigenvalue weighted by atomic mass is 79.9. The van der Waals surface area contributed by atoms with Crippen molar-refractivity contribution in [3.05, 3.63) is 42.7 Å². The molecule has 0 atom stereocenters. The highest BCUT2D eigenvalue weighted by Gasteiger charge is 2.14. The number of thiophene rings is 2. The Morgan fingerprint density at radius 2 is 2.21 bits per heavy atom. The van der Waals surface area contributed by atoms with E-state index in [1.807, 2.05) is 29.8 Å². The number of hydrogen-bond acceptors (Lipinski definition) is 3. The first-order chi connectivity index (χ1) is 6.68. The van der Waals surface area contributed by atoms with Gasteiger partial charge in [0.1, 0.15) is 0 Å². The van der Waals surface area contributed by atoms with Crippen LogP contribution in [-0.2, 0) is 0 Å². The highest BCUT2D eigenvalue weighted by molar-refractivity contribution is 9.10. The zero-order valence-electron chi connectivity index (χ0n) is 7.41. The summed E-state index contributed by atoms with van der Waals surface area (Å²) >= 11 is 6.44. The Hall–Kier alpha value is -0.450. The number of hydrogen-bond donors (Lipinski definition) is 0. The van der Waals surface area contributed by atoms with Crippen molar-refractivity contribution in [2.24, 2.45) is 0 Å². The minimum Gasteiger partial charge on any atom is -0.288 e. The van der Waals surface area contributed by atoms with Gasteiger partial charge in [-0.1, -0.05) is 0 Å². The van der Waals surface area contributed by atoms with Crippen molar-refractivity contribution in [1.29, 1.82) is 0 Å². The van der Waals surface area contributed by atoms with Crippen LogP contribution in [0.3, 0.4) is 0 Å². The summed E-state index contributed by atoms with van der Waals surface area (Å²) < 4.78 is 0.886. The molecule has 0 fully saturated rings. The van der Waals surface area contributed by atoms with E-state index in [1.54, 1.807) is 11.3 Å². The van der Waals surface area contributed by atoms with Gasteiger partial charge in [0.2, 0.25) is 5.78 Å². The summed E-state index contributed by atoms with van der Waals surface area (Å²) in [5.74, 6) is 0.108. The van der Waals surface area contributed by atoms with E-state index in [2.05, 4.69) is 15.9 Å². The highest BCUT2D eigenvalue weighted by Crippen LogP contribution is 2.26. The van der Waals surface area contributed by atoms with Gasteiger partial charge in [-0.25, -0.2) is 0 Å². The van der Waals surface area contributed by atoms with Crippen LogP contribution in [0, 0.1) is 6.92 Å². The molecule has 72 valence electrons. The van der Waals surface area contributed by atoms with Gasteiger partial charge in [0.25, 0.3) is 0 Å². The molecule has 0 unspecified atom stereocenters. The lowest BCUT2D eigenvalue weighted by atomic mass is 10.2. The van der Waals surface area contributed by atoms with E-state index in [4.69, 9.17) is 0 Å². The third kappa shape index (κ3) is 1.82. The van der Waals surface area contributed by atoms with Gasteiger partial charge in [0.05, 0.1) is 4.88 Å². The molecule has 2 aromatic rings. The van der Waals surface area contributed by atoms with Crippen molar-refractivity contribution in [1.82, 2.24) is 0 Å². The van der Waals surface area contributed by atoms with E-state index in [1.165, 1.54) is 16.2 Å². The second-order valence-electron chi connectivity index (χ2n) is 2.87. The molecule has 2 rings (SSSR count). The SMILES string of the molecule is Cc1cc(C(=O)c2sccc2Br)cs1. The zero-order valence-corrected chi connectivity index (χ0v) is 10.6. The van der Waals surface area contributed by atoms with E-state index >= 15 is 0 Å². The van der Waals surface area contributed by atoms with Crippen molar-refractivity contribution in [3.63, 3.8) is 0 Å². The number of rotatable bonds is 2. The van der Waals surface area contributed by atoms with Crippen LogP contribution in [0.2, 0.25) is 0 Å². The molecule has 0 radical (unpaired) electrons. The van der Waals surface area contributed by atoms with Crippen LogP contribution >= 0.6 is 38.6 Å². The van der Waals surface area contributed by atoms with E-state index in [9.17, 15) is 4.79 Å². The molecule has 4 heteroatoms. The second kappa shape index (κ2) is 3.96. The molecule has 2 heterocycles. The fourth-order valence-electron chi connectivity index (χ4n) is 1.15. The summed E-state index contributed by atoms with van der Waals surface area (Å²) in [5.41, 5.74) is 0.788. The monoisotopic (exact) mass is 286 g/mol. The van der Waals surface area contributed by atoms with Gasteiger partial charge in [0.15, 0.2) is 0 Å². The molecule has 0 aliphatic carbocycles. The number of carbonyl (C=O) groups excluding carboxylic acids is 1. The third-order valence-electron chi connectivity index (χ3n) is 1.82. The summed E-state index contributed by atoms with van der Waals surface area (Å²) in [6.45, 7) is 2.00. The predicted molar refractivity (Wildman–Crippen MR) is 64.5 cm³/mol. The Bertz CT molecular complexity index is 470. The van der Waals surface area contributed by atoms with E-state index < -0.39 is 0 Å². The molecule has 2 aromatic heterocycles. The van der Waals surface area contributed by atoms with Gasteiger partial charge >= 0.3 is 0 Å². The van der Waals surface area contributed by atoms with Crippen LogP contribution < -0.4 is 0 Å². The van der Waals surface area contributed by atoms with Gasteiger partial charge in [-0.05, 0) is 40.4 Å². The second-order valence-corrected chi connectivity index (χ2v) is 5.76. The quantitative estimate of drug-likeness (QED) is 0.760. The lowest BCUT2D eigenvalue weighted by Crippen LogP contribution is -1.96. The maximum Gasteiger partial charge on any atom is 0.204 e. The first kappa shape index (κ1) is 10.1. The van der Waals surface area contributed by atoms with Crippen molar-refractivity contribution < 1.29 is 4.79 Å². The summed E-state index contributed by atoms with van der Waals surface area (Å²) in [6.07, 6.45) is 0. The largest absolute Gasteiger partial charge is 0.288 e. The van der Waals surface area contributed by atoms with Gasteiger partial charge in [-0.2, -0.15) is 0 Å². The van der Waals surface area contributed by atoms with Crippen molar-refractivity contribution in [3.8, 4) is 0 Å². The summed E-state index contributed by atoms with van der Waals surface area (Å²) in [5, 5.41) is 3.82. The first-order valence-corrected chi connectivity index (χ1v) is 6.56. The van der Waals surface area contributed by atoms with E-state index in [-0.39, 0.29) is 5.78 Å². The number of carbonyl (C=O) groups is 1. The average molecular weight is 287 g/mol. The molecule has 0 saturated heterocycles. The van der Waals surface area contributed by atoms with Crippen LogP contribution in [0.1, 0.15) is 20.1 Å². The fraction of sp³-hybridized carbons (Fsp3) is 0.100. The van der Waals surface area contributed by atoms with Crippen molar-refractivity contribution in [2.75, 3.05) is 0 Å². The standard InChI is InChI=1S/C10H7BrOS2/c1-6-4-7(5-14-6)9(12)10-8(11)2-3-13-10/h2-5H,1H3. The van der Waals surface area contributed by atoms with Crippen molar-refractivity contribution >= 4 is 44.4 Å². The third-order valence-corrected chi connectivity index (χ3v) is 4.51. The fourth-order valence-corrected chi connectivity index (χ4v) is 3.35. The lowest BCUT2D eigenvalue weighted by molar-refractivity contribution is 0.104. The first-order valence-electron chi connectivity index (χ1n) is 4.01. The maximum absolute atomic E-state index is 11.9. The van der Waals surface area contributed by atoms with Crippen molar-refractivity contribution in [2.45, 2.75) is 6.92 Å². The average Bonchev–Trinajstić information content (AvgIpc) is 2.73. The minimum absolute atomic E-state index is 0.108. The zero-order chi connectivity index (χ0) is 10.1. The van der Waals surface area contributed by atoms with Gasteiger partial charge in [-0.3, -0.25) is 4.79 Å². The normalized spacial score (nSPS) is 10.4. The van der Waals surface area contributed by atoms with E-state index in [0.717, 1.165) is 14.9 Å². The molecule has 0 bridgehead atoms. The Morgan fingerprint density at radius 1 is 1.43 bits per heavy atom. The van der Waals surface area contributed by atoms with Crippen LogP contribution in [0.25, 0.3) is 0 Å². The molecule has 1 nitrogen and oxygen atoms in total. The summed E-state index contributed by atoms with van der Waals surface area (Å²) in [7, 11) is 0. The van der Waals surface area contributed by atoms with Crippen LogP contribution in [0.5, 0.6) is 0 Å². The minimum atomic E-state index is 0.108. The molecule has 0 aliphatic heterocycles. The smallest absolute Gasteiger partial charge is 0.204 e. The van der Waals surface area contributed by atoms with Crippen LogP contribution in [-0.4, -0.2) is 5.78 Å². The summed E-state index contributed by atoms with van der Waals surface area (Å²) in [4.78, 5) is 13.9. The molecule has 0 aliphatic rings. The van der Waals surface area contributed by atoms with Gasteiger partial charge in [-0.15, -0.1) is 22.7 Å². The maximum atomic E-state index is 11.9. The molecular weight excluding hydrogens is 280 g/mol. The topological polar surface area (TPSA) is 17.1 Å². The number of halogens is 1. The Labute approximate surface area is 98.5 Å². The molecule has 0 N–H and O–H groups in total. The van der Waals surface area contributed by atoms with Crippen LogP contribution in [0.15, 0.2) is 27.4 Å².